The van der Waals surface area contributed by atoms with Gasteiger partial charge < -0.3 is 10.2 Å². The van der Waals surface area contributed by atoms with E-state index in [2.05, 4.69) is 0 Å². The van der Waals surface area contributed by atoms with Gasteiger partial charge in [0.05, 0.1) is 5.02 Å². The van der Waals surface area contributed by atoms with E-state index in [1.54, 1.807) is 30.3 Å². The fraction of sp³-hybridized carbons (Fsp3) is 0. The van der Waals surface area contributed by atoms with Gasteiger partial charge in [0.15, 0.2) is 11.3 Å². The van der Waals surface area contributed by atoms with E-state index in [0.717, 1.165) is 5.39 Å². The summed E-state index contributed by atoms with van der Waals surface area (Å²) >= 11 is 11.8. The second-order valence-electron chi connectivity index (χ2n) is 4.33. The highest BCUT2D eigenvalue weighted by molar-refractivity contribution is 6.35. The highest BCUT2D eigenvalue weighted by atomic mass is 35.5. The second kappa shape index (κ2) is 4.85. The Kier molecular flexibility index (Phi) is 3.16. The number of nitrogens with two attached hydrogens (primary N) is 1. The molecule has 0 unspecified atom stereocenters. The molecule has 1 heterocycles. The Morgan fingerprint density at radius 3 is 2.60 bits per heavy atom. The van der Waals surface area contributed by atoms with Crippen LogP contribution in [0.15, 0.2) is 46.9 Å². The van der Waals surface area contributed by atoms with Gasteiger partial charge in [0, 0.05) is 21.7 Å². The summed E-state index contributed by atoms with van der Waals surface area (Å²) in [5.74, 6) is -0.103. The quantitative estimate of drug-likeness (QED) is 0.558. The third kappa shape index (κ3) is 2.15. The number of hydrogen-bond acceptors (Lipinski definition) is 3. The van der Waals surface area contributed by atoms with E-state index in [0.29, 0.717) is 26.9 Å². The number of nitrogen functional groups attached to an aromatic ring is 1. The van der Waals surface area contributed by atoms with E-state index in [1.807, 2.05) is 6.07 Å². The lowest BCUT2D eigenvalue weighted by molar-refractivity contribution is 0.101. The van der Waals surface area contributed by atoms with Gasteiger partial charge in [0.1, 0.15) is 0 Å². The van der Waals surface area contributed by atoms with Crippen molar-refractivity contribution in [1.29, 1.82) is 0 Å². The second-order valence-corrected chi connectivity index (χ2v) is 5.17. The lowest BCUT2D eigenvalue weighted by Crippen LogP contribution is -2.04. The molecule has 5 heteroatoms. The summed E-state index contributed by atoms with van der Waals surface area (Å²) in [6.07, 6.45) is 0. The minimum Gasteiger partial charge on any atom is -0.451 e. The van der Waals surface area contributed by atoms with Gasteiger partial charge in [-0.15, -0.1) is 0 Å². The van der Waals surface area contributed by atoms with Crippen molar-refractivity contribution in [3.8, 4) is 0 Å². The predicted molar refractivity (Wildman–Crippen MR) is 80.5 cm³/mol. The van der Waals surface area contributed by atoms with Gasteiger partial charge in [0.2, 0.25) is 5.78 Å². The summed E-state index contributed by atoms with van der Waals surface area (Å²) in [6, 6.07) is 11.7. The molecule has 1 aromatic heterocycles. The van der Waals surface area contributed by atoms with Gasteiger partial charge in [0.25, 0.3) is 0 Å². The average Bonchev–Trinajstić information content (AvgIpc) is 2.83. The molecule has 0 bridgehead atoms. The number of hydrogen-bond donors (Lipinski definition) is 1. The van der Waals surface area contributed by atoms with Crippen LogP contribution in [0.25, 0.3) is 11.0 Å². The molecular formula is C15H9Cl2NO2. The van der Waals surface area contributed by atoms with Crippen LogP contribution in [0.4, 0.5) is 5.69 Å². The molecule has 3 aromatic rings. The Bertz CT molecular complexity index is 824. The number of ketones is 1. The Labute approximate surface area is 124 Å². The minimum absolute atomic E-state index is 0.196. The van der Waals surface area contributed by atoms with Crippen LogP contribution >= 0.6 is 23.2 Å². The smallest absolute Gasteiger partial charge is 0.230 e. The van der Waals surface area contributed by atoms with Crippen LogP contribution in [-0.2, 0) is 0 Å². The van der Waals surface area contributed by atoms with E-state index in [1.165, 1.54) is 6.07 Å². The molecular weight excluding hydrogens is 297 g/mol. The largest absolute Gasteiger partial charge is 0.451 e. The summed E-state index contributed by atoms with van der Waals surface area (Å²) in [7, 11) is 0. The number of furan rings is 1. The first-order valence-corrected chi connectivity index (χ1v) is 6.59. The maximum absolute atomic E-state index is 12.4. The molecule has 0 amide bonds. The van der Waals surface area contributed by atoms with Crippen molar-refractivity contribution in [3.05, 3.63) is 63.8 Å². The standard InChI is InChI=1S/C15H9Cl2NO2/c16-9-4-5-10(12(18)7-9)14(19)13-6-8-2-1-3-11(17)15(8)20-13/h1-7H,18H2. The number of carbonyl (C=O) groups is 1. The molecule has 0 atom stereocenters. The number of rotatable bonds is 2. The van der Waals surface area contributed by atoms with Crippen molar-refractivity contribution in [2.24, 2.45) is 0 Å². The third-order valence-electron chi connectivity index (χ3n) is 2.98. The summed E-state index contributed by atoms with van der Waals surface area (Å²) in [4.78, 5) is 12.4. The van der Waals surface area contributed by atoms with Gasteiger partial charge in [-0.1, -0.05) is 35.3 Å². The van der Waals surface area contributed by atoms with Crippen LogP contribution in [-0.4, -0.2) is 5.78 Å². The number of anilines is 1. The molecule has 3 rings (SSSR count). The number of fused-ring (bicyclic) bond motifs is 1. The molecule has 0 fully saturated rings. The van der Waals surface area contributed by atoms with E-state index in [9.17, 15) is 4.79 Å². The predicted octanol–water partition coefficient (Wildman–Crippen LogP) is 4.55. The zero-order chi connectivity index (χ0) is 14.3. The van der Waals surface area contributed by atoms with Crippen molar-refractivity contribution in [2.45, 2.75) is 0 Å². The maximum Gasteiger partial charge on any atom is 0.230 e. The number of halogens is 2. The van der Waals surface area contributed by atoms with Crippen LogP contribution in [0.2, 0.25) is 10.0 Å². The molecule has 0 aliphatic rings. The Hall–Kier alpha value is -1.97. The van der Waals surface area contributed by atoms with Crippen LogP contribution in [0, 0.1) is 0 Å². The molecule has 0 aliphatic carbocycles. The van der Waals surface area contributed by atoms with Gasteiger partial charge in [-0.2, -0.15) is 0 Å². The van der Waals surface area contributed by atoms with Crippen molar-refractivity contribution in [2.75, 3.05) is 5.73 Å². The summed E-state index contributed by atoms with van der Waals surface area (Å²) < 4.78 is 5.53. The zero-order valence-electron chi connectivity index (χ0n) is 10.2. The van der Waals surface area contributed by atoms with Gasteiger partial charge in [-0.3, -0.25) is 4.79 Å². The minimum atomic E-state index is -0.300. The summed E-state index contributed by atoms with van der Waals surface area (Å²) in [5, 5.41) is 1.71. The summed E-state index contributed by atoms with van der Waals surface area (Å²) in [5.41, 5.74) is 6.97. The van der Waals surface area contributed by atoms with Crippen molar-refractivity contribution in [3.63, 3.8) is 0 Å². The molecule has 2 aromatic carbocycles. The number of carbonyl (C=O) groups excluding carboxylic acids is 1. The molecule has 0 radical (unpaired) electrons. The fourth-order valence-electron chi connectivity index (χ4n) is 2.01. The summed E-state index contributed by atoms with van der Waals surface area (Å²) in [6.45, 7) is 0. The van der Waals surface area contributed by atoms with Crippen molar-refractivity contribution in [1.82, 2.24) is 0 Å². The maximum atomic E-state index is 12.4. The highest BCUT2D eigenvalue weighted by Crippen LogP contribution is 2.29. The van der Waals surface area contributed by atoms with Gasteiger partial charge >= 0.3 is 0 Å². The van der Waals surface area contributed by atoms with E-state index < -0.39 is 0 Å². The third-order valence-corrected chi connectivity index (χ3v) is 3.51. The average molecular weight is 306 g/mol. The Morgan fingerprint density at radius 2 is 1.90 bits per heavy atom. The molecule has 3 nitrogen and oxygen atoms in total. The van der Waals surface area contributed by atoms with E-state index >= 15 is 0 Å². The van der Waals surface area contributed by atoms with Crippen LogP contribution in [0.5, 0.6) is 0 Å². The SMILES string of the molecule is Nc1cc(Cl)ccc1C(=O)c1cc2cccc(Cl)c2o1. The molecule has 0 saturated heterocycles. The van der Waals surface area contributed by atoms with Gasteiger partial charge in [-0.25, -0.2) is 0 Å². The monoisotopic (exact) mass is 305 g/mol. The van der Waals surface area contributed by atoms with Crippen molar-refractivity contribution >= 4 is 45.6 Å². The highest BCUT2D eigenvalue weighted by Gasteiger charge is 2.18. The van der Waals surface area contributed by atoms with E-state index in [4.69, 9.17) is 33.4 Å². The first-order valence-electron chi connectivity index (χ1n) is 5.84. The van der Waals surface area contributed by atoms with Crippen LogP contribution in [0.1, 0.15) is 16.1 Å². The zero-order valence-corrected chi connectivity index (χ0v) is 11.7. The first-order chi connectivity index (χ1) is 9.56. The normalized spacial score (nSPS) is 10.9. The Morgan fingerprint density at radius 1 is 1.10 bits per heavy atom. The van der Waals surface area contributed by atoms with Crippen LogP contribution < -0.4 is 5.73 Å². The molecule has 0 saturated carbocycles. The fourth-order valence-corrected chi connectivity index (χ4v) is 2.41. The topological polar surface area (TPSA) is 56.2 Å². The molecule has 0 aliphatic heterocycles. The first kappa shape index (κ1) is 13.0. The number of benzene rings is 2. The van der Waals surface area contributed by atoms with Crippen LogP contribution in [0.3, 0.4) is 0 Å². The van der Waals surface area contributed by atoms with Crippen molar-refractivity contribution < 1.29 is 9.21 Å². The van der Waals surface area contributed by atoms with Gasteiger partial charge in [-0.05, 0) is 30.3 Å². The molecule has 20 heavy (non-hydrogen) atoms. The lowest BCUT2D eigenvalue weighted by atomic mass is 10.1. The molecule has 0 spiro atoms. The lowest BCUT2D eigenvalue weighted by Gasteiger charge is -2.02. The molecule has 2 N–H and O–H groups in total. The Balaban J connectivity index is 2.10. The number of para-hydroxylation sites is 1. The van der Waals surface area contributed by atoms with E-state index in [-0.39, 0.29) is 11.5 Å². The molecule has 100 valence electrons.